The maximum Gasteiger partial charge on any atom is 0.187 e. The number of carbonyl (C=O) groups is 1. The van der Waals surface area contributed by atoms with Crippen molar-refractivity contribution in [2.45, 2.75) is 80.9 Å². The Morgan fingerprint density at radius 2 is 1.57 bits per heavy atom. The summed E-state index contributed by atoms with van der Waals surface area (Å²) in [4.78, 5) is 22.6. The van der Waals surface area contributed by atoms with Gasteiger partial charge < -0.3 is 40.3 Å². The number of aromatic nitrogens is 2. The number of nitrogens with zero attached hydrogens (tertiary/aromatic N) is 2. The number of benzene rings is 2. The van der Waals surface area contributed by atoms with Crippen LogP contribution in [-0.2, 0) is 20.7 Å². The number of hydrogen-bond acceptors (Lipinski definition) is 11. The molecule has 1 saturated heterocycles. The molecule has 2 aromatic heterocycles. The lowest BCUT2D eigenvalue weighted by molar-refractivity contribution is -0.387. The average molecular weight is 672 g/mol. The topological polar surface area (TPSA) is 174 Å². The quantitative estimate of drug-likeness (QED) is 0.116. The van der Waals surface area contributed by atoms with Gasteiger partial charge in [-0.05, 0) is 61.7 Å². The highest BCUT2D eigenvalue weighted by Crippen LogP contribution is 2.45. The standard InChI is InChI=1S/C38H45N3O8/c1-36(24-42)38(3,47)37(2,46)34(45)35(49-36)48-22-19-27(43)23-26-15-7-8-16-28(26)32(41-30-18-10-12-21-40-30)31(29-17-9-11-20-39-29)33(44)25-13-5-4-6-14-25/h4-18,20-21,31-35,42,44-47H,19,22-24H2,1-3H3,(H,40,41)/t31-,32+,33+,34?,35?,36?,37?,38?/m1/s1. The normalized spacial score (nSPS) is 27.2. The van der Waals surface area contributed by atoms with Crippen LogP contribution in [0.1, 0.15) is 67.6 Å². The largest absolute Gasteiger partial charge is 0.393 e. The Labute approximate surface area is 286 Å². The Bertz CT molecular complexity index is 1650. The molecule has 11 heteroatoms. The van der Waals surface area contributed by atoms with Gasteiger partial charge in [-0.25, -0.2) is 4.98 Å². The second-order valence-corrected chi connectivity index (χ2v) is 13.0. The van der Waals surface area contributed by atoms with Crippen LogP contribution in [-0.4, -0.2) is 83.7 Å². The van der Waals surface area contributed by atoms with E-state index >= 15 is 0 Å². The van der Waals surface area contributed by atoms with Crippen molar-refractivity contribution in [3.05, 3.63) is 126 Å². The third-order valence-corrected chi connectivity index (χ3v) is 9.81. The van der Waals surface area contributed by atoms with Gasteiger partial charge in [0.25, 0.3) is 0 Å². The molecule has 0 amide bonds. The van der Waals surface area contributed by atoms with Crippen LogP contribution in [0.4, 0.5) is 5.82 Å². The molecule has 2 aromatic carbocycles. The van der Waals surface area contributed by atoms with E-state index in [1.54, 1.807) is 12.4 Å². The molecule has 6 N–H and O–H groups in total. The minimum absolute atomic E-state index is 0.0329. The minimum Gasteiger partial charge on any atom is -0.393 e. The van der Waals surface area contributed by atoms with Gasteiger partial charge >= 0.3 is 0 Å². The molecule has 1 fully saturated rings. The Hall–Kier alpha value is -4.07. The lowest BCUT2D eigenvalue weighted by atomic mass is 9.69. The van der Waals surface area contributed by atoms with Crippen LogP contribution in [0.5, 0.6) is 0 Å². The van der Waals surface area contributed by atoms with E-state index in [0.717, 1.165) is 11.1 Å². The van der Waals surface area contributed by atoms with Gasteiger partial charge in [0.2, 0.25) is 0 Å². The number of Topliss-reactive ketones (excluding diaryl/α,β-unsaturated/α-hetero) is 1. The van der Waals surface area contributed by atoms with E-state index in [2.05, 4.69) is 15.3 Å². The van der Waals surface area contributed by atoms with Crippen LogP contribution in [0.3, 0.4) is 0 Å². The Morgan fingerprint density at radius 3 is 2.22 bits per heavy atom. The zero-order valence-electron chi connectivity index (χ0n) is 27.9. The van der Waals surface area contributed by atoms with E-state index in [1.165, 1.54) is 20.8 Å². The highest BCUT2D eigenvalue weighted by Gasteiger charge is 2.65. The second-order valence-electron chi connectivity index (χ2n) is 13.0. The minimum atomic E-state index is -2.08. The molecule has 0 spiro atoms. The van der Waals surface area contributed by atoms with Crippen molar-refractivity contribution in [2.24, 2.45) is 0 Å². The molecule has 0 saturated carbocycles. The van der Waals surface area contributed by atoms with Gasteiger partial charge in [-0.3, -0.25) is 9.78 Å². The van der Waals surface area contributed by atoms with E-state index in [0.29, 0.717) is 17.1 Å². The Morgan fingerprint density at radius 1 is 0.918 bits per heavy atom. The second kappa shape index (κ2) is 15.2. The van der Waals surface area contributed by atoms with Crippen molar-refractivity contribution in [3.8, 4) is 0 Å². The van der Waals surface area contributed by atoms with Crippen molar-refractivity contribution in [3.63, 3.8) is 0 Å². The van der Waals surface area contributed by atoms with Gasteiger partial charge in [0.1, 0.15) is 34.5 Å². The highest BCUT2D eigenvalue weighted by molar-refractivity contribution is 5.81. The fourth-order valence-electron chi connectivity index (χ4n) is 6.34. The van der Waals surface area contributed by atoms with Crippen LogP contribution in [0.2, 0.25) is 0 Å². The first-order chi connectivity index (χ1) is 23.4. The van der Waals surface area contributed by atoms with Gasteiger partial charge in [-0.15, -0.1) is 0 Å². The summed E-state index contributed by atoms with van der Waals surface area (Å²) < 4.78 is 11.5. The van der Waals surface area contributed by atoms with Crippen LogP contribution >= 0.6 is 0 Å². The molecular formula is C38H45N3O8. The van der Waals surface area contributed by atoms with E-state index in [1.807, 2.05) is 91.0 Å². The average Bonchev–Trinajstić information content (AvgIpc) is 3.11. The summed E-state index contributed by atoms with van der Waals surface area (Å²) in [5, 5.41) is 58.1. The van der Waals surface area contributed by atoms with Crippen molar-refractivity contribution < 1.29 is 39.8 Å². The number of rotatable bonds is 14. The first kappa shape index (κ1) is 36.2. The first-order valence-corrected chi connectivity index (χ1v) is 16.3. The number of aliphatic hydroxyl groups is 5. The number of ketones is 1. The summed E-state index contributed by atoms with van der Waals surface area (Å²) in [6.45, 7) is 3.13. The van der Waals surface area contributed by atoms with Gasteiger partial charge in [-0.2, -0.15) is 0 Å². The fourth-order valence-corrected chi connectivity index (χ4v) is 6.34. The number of hydrogen-bond donors (Lipinski definition) is 6. The summed E-state index contributed by atoms with van der Waals surface area (Å²) in [5.41, 5.74) is -2.87. The number of carbonyl (C=O) groups excluding carboxylic acids is 1. The van der Waals surface area contributed by atoms with E-state index in [9.17, 15) is 30.3 Å². The monoisotopic (exact) mass is 671 g/mol. The molecule has 11 nitrogen and oxygen atoms in total. The maximum absolute atomic E-state index is 13.5. The molecule has 3 heterocycles. The first-order valence-electron chi connectivity index (χ1n) is 16.3. The molecule has 5 rings (SSSR count). The van der Waals surface area contributed by atoms with Crippen LogP contribution in [0.15, 0.2) is 103 Å². The molecule has 260 valence electrons. The Kier molecular flexibility index (Phi) is 11.3. The lowest BCUT2D eigenvalue weighted by Gasteiger charge is -2.57. The number of pyridine rings is 2. The van der Waals surface area contributed by atoms with Gasteiger partial charge in [0.15, 0.2) is 6.29 Å². The maximum atomic E-state index is 13.5. The molecule has 0 radical (unpaired) electrons. The van der Waals surface area contributed by atoms with Gasteiger partial charge in [0, 0.05) is 30.9 Å². The molecular weight excluding hydrogens is 626 g/mol. The molecule has 1 aliphatic rings. The molecule has 1 aliphatic heterocycles. The van der Waals surface area contributed by atoms with E-state index in [-0.39, 0.29) is 25.2 Å². The number of ether oxygens (including phenoxy) is 2. The van der Waals surface area contributed by atoms with E-state index < -0.39 is 53.9 Å². The summed E-state index contributed by atoms with van der Waals surface area (Å²) in [5.74, 6) is -0.184. The highest BCUT2D eigenvalue weighted by atomic mass is 16.7. The zero-order chi connectivity index (χ0) is 35.2. The van der Waals surface area contributed by atoms with Crippen LogP contribution < -0.4 is 5.32 Å². The third kappa shape index (κ3) is 7.58. The predicted octanol–water partition coefficient (Wildman–Crippen LogP) is 3.64. The SMILES string of the molecule is CC1(CO)OC(OCCC(=O)Cc2ccccc2[C@H](Nc2ccccn2)[C@@H](c2ccccn2)[C@@H](O)c2ccccc2)C(O)C(C)(O)C1(C)O. The lowest BCUT2D eigenvalue weighted by Crippen LogP contribution is -2.77. The third-order valence-electron chi connectivity index (χ3n) is 9.81. The number of anilines is 1. The Balaban J connectivity index is 1.40. The van der Waals surface area contributed by atoms with Crippen LogP contribution in [0.25, 0.3) is 0 Å². The van der Waals surface area contributed by atoms with Crippen LogP contribution in [0, 0.1) is 0 Å². The summed E-state index contributed by atoms with van der Waals surface area (Å²) in [6.07, 6.45) is -0.693. The molecule has 8 atom stereocenters. The van der Waals surface area contributed by atoms with Crippen molar-refractivity contribution in [2.75, 3.05) is 18.5 Å². The summed E-state index contributed by atoms with van der Waals surface area (Å²) in [7, 11) is 0. The van der Waals surface area contributed by atoms with Gasteiger partial charge in [0.05, 0.1) is 31.3 Å². The molecule has 0 aliphatic carbocycles. The van der Waals surface area contributed by atoms with Crippen molar-refractivity contribution in [1.82, 2.24) is 9.97 Å². The molecule has 4 aromatic rings. The van der Waals surface area contributed by atoms with Gasteiger partial charge in [-0.1, -0.05) is 66.7 Å². The number of aliphatic hydroxyl groups excluding tert-OH is 3. The molecule has 5 unspecified atom stereocenters. The zero-order valence-corrected chi connectivity index (χ0v) is 27.9. The summed E-state index contributed by atoms with van der Waals surface area (Å²) >= 11 is 0. The van der Waals surface area contributed by atoms with Crippen molar-refractivity contribution in [1.29, 1.82) is 0 Å². The molecule has 0 bridgehead atoms. The van der Waals surface area contributed by atoms with E-state index in [4.69, 9.17) is 9.47 Å². The fraction of sp³-hybridized carbons (Fsp3) is 0.395. The number of nitrogens with one attached hydrogen (secondary N) is 1. The summed E-state index contributed by atoms with van der Waals surface area (Å²) in [6, 6.07) is 27.4. The smallest absolute Gasteiger partial charge is 0.187 e. The van der Waals surface area contributed by atoms with Crippen molar-refractivity contribution >= 4 is 11.6 Å². The predicted molar refractivity (Wildman–Crippen MR) is 182 cm³/mol. The molecule has 49 heavy (non-hydrogen) atoms.